The molecule has 10 nitrogen and oxygen atoms in total. The first kappa shape index (κ1) is 24.4. The largest absolute Gasteiger partial charge is 0.490 e. The van der Waals surface area contributed by atoms with Gasteiger partial charge in [0.25, 0.3) is 5.91 Å². The number of benzene rings is 1. The number of thioether (sulfide) groups is 1. The number of aryl methyl sites for hydroxylation is 1. The van der Waals surface area contributed by atoms with Crippen LogP contribution in [0, 0.1) is 0 Å². The van der Waals surface area contributed by atoms with E-state index in [4.69, 9.17) is 9.90 Å². The Morgan fingerprint density at radius 2 is 1.94 bits per heavy atom. The van der Waals surface area contributed by atoms with Crippen LogP contribution in [0.5, 0.6) is 0 Å². The highest BCUT2D eigenvalue weighted by Crippen LogP contribution is 2.29. The number of hydrogen-bond donors (Lipinski definition) is 3. The SMILES string of the molecule is Cn1ncc(C(=O)O)c1N=C1NC(=O)C(=Cc2ccc3ncccc3c2)S1.O=C(O)C(F)(F)F. The van der Waals surface area contributed by atoms with Gasteiger partial charge >= 0.3 is 18.1 Å². The number of hydrogen-bond acceptors (Lipinski definition) is 7. The van der Waals surface area contributed by atoms with Crippen LogP contribution >= 0.6 is 11.8 Å². The summed E-state index contributed by atoms with van der Waals surface area (Å²) in [6.07, 6.45) is -0.368. The van der Waals surface area contributed by atoms with Crippen molar-refractivity contribution in [2.75, 3.05) is 0 Å². The number of amidine groups is 1. The van der Waals surface area contributed by atoms with Gasteiger partial charge in [-0.3, -0.25) is 14.5 Å². The Bertz CT molecular complexity index is 1350. The van der Waals surface area contributed by atoms with Gasteiger partial charge in [-0.2, -0.15) is 18.3 Å². The lowest BCUT2D eigenvalue weighted by Crippen LogP contribution is -2.21. The van der Waals surface area contributed by atoms with E-state index in [0.29, 0.717) is 10.1 Å². The van der Waals surface area contributed by atoms with E-state index >= 15 is 0 Å². The van der Waals surface area contributed by atoms with E-state index in [2.05, 4.69) is 20.4 Å². The van der Waals surface area contributed by atoms with Crippen LogP contribution in [0.3, 0.4) is 0 Å². The molecule has 0 bridgehead atoms. The number of halogens is 3. The molecule has 1 amide bonds. The molecule has 176 valence electrons. The predicted molar refractivity (Wildman–Crippen MR) is 116 cm³/mol. The topological polar surface area (TPSA) is 147 Å². The second-order valence-electron chi connectivity index (χ2n) is 6.55. The first-order chi connectivity index (χ1) is 16.0. The van der Waals surface area contributed by atoms with E-state index in [-0.39, 0.29) is 17.3 Å². The number of aliphatic carboxylic acids is 1. The number of carboxylic acids is 2. The molecule has 4 rings (SSSR count). The van der Waals surface area contributed by atoms with Gasteiger partial charge in [-0.1, -0.05) is 12.1 Å². The Labute approximate surface area is 192 Å². The molecule has 0 saturated carbocycles. The lowest BCUT2D eigenvalue weighted by atomic mass is 10.1. The standard InChI is InChI=1S/C18H13N5O3S.C2HF3O2/c1-23-15(12(9-20-23)17(25)26)21-18-22-16(24)14(27-18)8-10-4-5-13-11(7-10)3-2-6-19-13;3-2(4,5)1(6)7/h2-9H,1H3,(H,25,26)(H,21,22,24);(H,6,7). The van der Waals surface area contributed by atoms with E-state index in [0.717, 1.165) is 28.2 Å². The Morgan fingerprint density at radius 1 is 1.24 bits per heavy atom. The van der Waals surface area contributed by atoms with Gasteiger partial charge in [0, 0.05) is 18.6 Å². The maximum Gasteiger partial charge on any atom is 0.490 e. The van der Waals surface area contributed by atoms with E-state index < -0.39 is 18.1 Å². The summed E-state index contributed by atoms with van der Waals surface area (Å²) < 4.78 is 33.1. The third kappa shape index (κ3) is 5.78. The summed E-state index contributed by atoms with van der Waals surface area (Å²) in [7, 11) is 1.59. The second kappa shape index (κ2) is 9.74. The number of carboxylic acid groups (broad SMARTS) is 2. The summed E-state index contributed by atoms with van der Waals surface area (Å²) in [5, 5.41) is 24.2. The Hall–Kier alpha value is -4.20. The van der Waals surface area contributed by atoms with Crippen molar-refractivity contribution in [2.45, 2.75) is 6.18 Å². The van der Waals surface area contributed by atoms with Crippen LogP contribution in [0.2, 0.25) is 0 Å². The fraction of sp³-hybridized carbons (Fsp3) is 0.100. The van der Waals surface area contributed by atoms with Gasteiger partial charge in [-0.15, -0.1) is 0 Å². The number of aromatic nitrogens is 3. The molecule has 0 atom stereocenters. The molecule has 1 aromatic carbocycles. The molecule has 1 fully saturated rings. The molecule has 1 saturated heterocycles. The van der Waals surface area contributed by atoms with Crippen molar-refractivity contribution in [1.29, 1.82) is 0 Å². The zero-order valence-corrected chi connectivity index (χ0v) is 17.9. The normalized spacial score (nSPS) is 15.8. The minimum atomic E-state index is -5.08. The van der Waals surface area contributed by atoms with Gasteiger partial charge < -0.3 is 15.5 Å². The monoisotopic (exact) mass is 493 g/mol. The average molecular weight is 493 g/mol. The van der Waals surface area contributed by atoms with Gasteiger partial charge in [0.1, 0.15) is 5.56 Å². The fourth-order valence-electron chi connectivity index (χ4n) is 2.63. The van der Waals surface area contributed by atoms with Crippen molar-refractivity contribution in [3.05, 3.63) is 58.8 Å². The van der Waals surface area contributed by atoms with E-state index in [1.807, 2.05) is 30.3 Å². The zero-order chi connectivity index (χ0) is 25.0. The summed E-state index contributed by atoms with van der Waals surface area (Å²) in [4.78, 5) is 41.4. The van der Waals surface area contributed by atoms with Crippen molar-refractivity contribution in [2.24, 2.45) is 12.0 Å². The number of carbonyl (C=O) groups excluding carboxylic acids is 1. The molecular formula is C20H14F3N5O5S. The van der Waals surface area contributed by atoms with Gasteiger partial charge in [0.05, 0.1) is 16.6 Å². The second-order valence-corrected chi connectivity index (χ2v) is 7.58. The van der Waals surface area contributed by atoms with Crippen LogP contribution in [0.4, 0.5) is 19.0 Å². The fourth-order valence-corrected chi connectivity index (χ4v) is 3.45. The summed E-state index contributed by atoms with van der Waals surface area (Å²) in [5.74, 6) is -4.00. The van der Waals surface area contributed by atoms with Gasteiger partial charge in [0.2, 0.25) is 0 Å². The molecule has 3 aromatic rings. The number of pyridine rings is 1. The number of nitrogens with zero attached hydrogens (tertiary/aromatic N) is 4. The van der Waals surface area contributed by atoms with Gasteiger partial charge in [-0.05, 0) is 41.6 Å². The Morgan fingerprint density at radius 3 is 2.59 bits per heavy atom. The molecule has 3 N–H and O–H groups in total. The van der Waals surface area contributed by atoms with E-state index in [1.165, 1.54) is 10.9 Å². The maximum absolute atomic E-state index is 12.3. The van der Waals surface area contributed by atoms with Crippen molar-refractivity contribution in [3.63, 3.8) is 0 Å². The Balaban J connectivity index is 0.000000406. The summed E-state index contributed by atoms with van der Waals surface area (Å²) in [6.45, 7) is 0. The van der Waals surface area contributed by atoms with Crippen molar-refractivity contribution < 1.29 is 37.8 Å². The lowest BCUT2D eigenvalue weighted by molar-refractivity contribution is -0.192. The molecule has 14 heteroatoms. The number of fused-ring (bicyclic) bond motifs is 1. The smallest absolute Gasteiger partial charge is 0.477 e. The minimum Gasteiger partial charge on any atom is -0.477 e. The number of rotatable bonds is 3. The maximum atomic E-state index is 12.3. The molecule has 0 spiro atoms. The van der Waals surface area contributed by atoms with E-state index in [9.17, 15) is 27.9 Å². The highest BCUT2D eigenvalue weighted by Gasteiger charge is 2.38. The Kier molecular flexibility index (Phi) is 7.00. The molecule has 0 radical (unpaired) electrons. The van der Waals surface area contributed by atoms with Gasteiger partial charge in [0.15, 0.2) is 11.0 Å². The molecule has 0 aliphatic carbocycles. The third-order valence-corrected chi connectivity index (χ3v) is 5.07. The summed E-state index contributed by atoms with van der Waals surface area (Å²) >= 11 is 1.15. The summed E-state index contributed by atoms with van der Waals surface area (Å²) in [5.41, 5.74) is 1.71. The van der Waals surface area contributed by atoms with Crippen LogP contribution in [0.25, 0.3) is 17.0 Å². The molecule has 1 aliphatic rings. The number of alkyl halides is 3. The predicted octanol–water partition coefficient (Wildman–Crippen LogP) is 3.19. The number of nitrogens with one attached hydrogen (secondary N) is 1. The number of amides is 1. The van der Waals surface area contributed by atoms with Crippen molar-refractivity contribution in [1.82, 2.24) is 20.1 Å². The average Bonchev–Trinajstić information content (AvgIpc) is 3.30. The van der Waals surface area contributed by atoms with Crippen molar-refractivity contribution in [3.8, 4) is 0 Å². The lowest BCUT2D eigenvalue weighted by Gasteiger charge is -1.99. The van der Waals surface area contributed by atoms with Gasteiger partial charge in [-0.25, -0.2) is 14.6 Å². The number of carbonyl (C=O) groups is 3. The van der Waals surface area contributed by atoms with E-state index in [1.54, 1.807) is 19.3 Å². The molecule has 1 aliphatic heterocycles. The third-order valence-electron chi connectivity index (χ3n) is 4.16. The number of aliphatic imine (C=N–C) groups is 1. The van der Waals surface area contributed by atoms with Crippen molar-refractivity contribution >= 4 is 57.6 Å². The molecule has 2 aromatic heterocycles. The highest BCUT2D eigenvalue weighted by atomic mass is 32.2. The summed E-state index contributed by atoms with van der Waals surface area (Å²) in [6, 6.07) is 9.53. The molecule has 3 heterocycles. The van der Waals surface area contributed by atoms with Crippen LogP contribution < -0.4 is 5.32 Å². The first-order valence-corrected chi connectivity index (χ1v) is 9.97. The molecule has 0 unspecified atom stereocenters. The minimum absolute atomic E-state index is 0.0284. The number of aromatic carboxylic acids is 1. The van der Waals surface area contributed by atoms with Crippen LogP contribution in [0.15, 0.2) is 52.6 Å². The van der Waals surface area contributed by atoms with Crippen LogP contribution in [0.1, 0.15) is 15.9 Å². The highest BCUT2D eigenvalue weighted by molar-refractivity contribution is 8.18. The first-order valence-electron chi connectivity index (χ1n) is 9.15. The molecule has 34 heavy (non-hydrogen) atoms. The van der Waals surface area contributed by atoms with Crippen LogP contribution in [-0.4, -0.2) is 54.2 Å². The zero-order valence-electron chi connectivity index (χ0n) is 17.1. The quantitative estimate of drug-likeness (QED) is 0.472. The van der Waals surface area contributed by atoms with Crippen LogP contribution in [-0.2, 0) is 16.6 Å². The molecular weight excluding hydrogens is 479 g/mol.